The highest BCUT2D eigenvalue weighted by atomic mass is 32.2. The van der Waals surface area contributed by atoms with Gasteiger partial charge in [-0.25, -0.2) is 0 Å². The summed E-state index contributed by atoms with van der Waals surface area (Å²) in [5, 5.41) is 12.2. The summed E-state index contributed by atoms with van der Waals surface area (Å²) in [6, 6.07) is 21.0. The molecule has 34 heavy (non-hydrogen) atoms. The van der Waals surface area contributed by atoms with Crippen LogP contribution in [0, 0.1) is 0 Å². The highest BCUT2D eigenvalue weighted by Gasteiger charge is 2.22. The number of hydrogen-bond acceptors (Lipinski definition) is 6. The first-order chi connectivity index (χ1) is 16.7. The number of nitrogens with zero attached hydrogens (tertiary/aromatic N) is 4. The highest BCUT2D eigenvalue weighted by molar-refractivity contribution is 7.99. The van der Waals surface area contributed by atoms with Gasteiger partial charge in [0.1, 0.15) is 0 Å². The second-order valence-corrected chi connectivity index (χ2v) is 8.83. The summed E-state index contributed by atoms with van der Waals surface area (Å²) < 4.78 is 7.49. The number of hydrogen-bond donors (Lipinski definition) is 1. The molecule has 1 aliphatic rings. The predicted octanol–water partition coefficient (Wildman–Crippen LogP) is 4.44. The minimum atomic E-state index is -0.163. The highest BCUT2D eigenvalue weighted by Crippen LogP contribution is 2.27. The summed E-state index contributed by atoms with van der Waals surface area (Å²) in [6.45, 7) is 1.26. The average molecular weight is 474 g/mol. The van der Waals surface area contributed by atoms with Gasteiger partial charge < -0.3 is 14.6 Å². The Morgan fingerprint density at radius 3 is 2.71 bits per heavy atom. The Balaban J connectivity index is 1.28. The molecular formula is C25H23N5O3S. The fourth-order valence-corrected chi connectivity index (χ4v) is 4.63. The van der Waals surface area contributed by atoms with Crippen molar-refractivity contribution in [2.45, 2.75) is 24.5 Å². The number of benzene rings is 2. The normalized spacial score (nSPS) is 13.4. The zero-order chi connectivity index (χ0) is 23.3. The van der Waals surface area contributed by atoms with Gasteiger partial charge in [0.05, 0.1) is 18.6 Å². The summed E-state index contributed by atoms with van der Waals surface area (Å²) in [7, 11) is 0. The van der Waals surface area contributed by atoms with E-state index in [1.807, 2.05) is 65.2 Å². The van der Waals surface area contributed by atoms with Crippen molar-refractivity contribution in [2.24, 2.45) is 0 Å². The second-order valence-electron chi connectivity index (χ2n) is 7.89. The third kappa shape index (κ3) is 4.89. The van der Waals surface area contributed by atoms with Crippen LogP contribution in [0.4, 0.5) is 11.4 Å². The topological polar surface area (TPSA) is 93.3 Å². The van der Waals surface area contributed by atoms with Gasteiger partial charge in [-0.15, -0.1) is 10.2 Å². The standard InChI is InChI=1S/C25H23N5O3S/c31-22(26-19-9-4-10-20(15-19)29-13-5-12-23(29)32)17-34-25-28-27-24(21-11-6-14-33-21)30(25)16-18-7-2-1-3-8-18/h1-4,6-11,14-15H,5,12-13,16-17H2,(H,26,31). The number of furan rings is 1. The van der Waals surface area contributed by atoms with E-state index in [1.54, 1.807) is 17.2 Å². The summed E-state index contributed by atoms with van der Waals surface area (Å²) in [6.07, 6.45) is 3.02. The summed E-state index contributed by atoms with van der Waals surface area (Å²) >= 11 is 1.31. The third-order valence-corrected chi connectivity index (χ3v) is 6.46. The van der Waals surface area contributed by atoms with Crippen LogP contribution in [-0.4, -0.2) is 38.9 Å². The lowest BCUT2D eigenvalue weighted by Crippen LogP contribution is -2.23. The Bertz CT molecular complexity index is 1290. The van der Waals surface area contributed by atoms with Crippen molar-refractivity contribution < 1.29 is 14.0 Å². The van der Waals surface area contributed by atoms with Crippen LogP contribution >= 0.6 is 11.8 Å². The molecule has 0 atom stereocenters. The van der Waals surface area contributed by atoms with Crippen molar-refractivity contribution in [2.75, 3.05) is 22.5 Å². The van der Waals surface area contributed by atoms with Gasteiger partial charge in [-0.05, 0) is 42.3 Å². The van der Waals surface area contributed by atoms with E-state index in [-0.39, 0.29) is 17.6 Å². The molecule has 1 aliphatic heterocycles. The van der Waals surface area contributed by atoms with Crippen molar-refractivity contribution in [3.8, 4) is 11.6 Å². The lowest BCUT2D eigenvalue weighted by molar-refractivity contribution is -0.117. The van der Waals surface area contributed by atoms with E-state index in [0.717, 1.165) is 17.7 Å². The molecular weight excluding hydrogens is 450 g/mol. The number of amides is 2. The van der Waals surface area contributed by atoms with Gasteiger partial charge in [0.15, 0.2) is 10.9 Å². The molecule has 9 heteroatoms. The van der Waals surface area contributed by atoms with Crippen LogP contribution in [-0.2, 0) is 16.1 Å². The van der Waals surface area contributed by atoms with Crippen LogP contribution in [0.3, 0.4) is 0 Å². The Morgan fingerprint density at radius 2 is 1.94 bits per heavy atom. The fourth-order valence-electron chi connectivity index (χ4n) is 3.89. The molecule has 0 unspecified atom stereocenters. The van der Waals surface area contributed by atoms with E-state index in [4.69, 9.17) is 4.42 Å². The molecule has 1 saturated heterocycles. The Hall–Kier alpha value is -3.85. The van der Waals surface area contributed by atoms with Crippen LogP contribution in [0.1, 0.15) is 18.4 Å². The summed E-state index contributed by atoms with van der Waals surface area (Å²) in [5.74, 6) is 1.35. The monoisotopic (exact) mass is 473 g/mol. The first-order valence-corrected chi connectivity index (χ1v) is 12.0. The zero-order valence-electron chi connectivity index (χ0n) is 18.4. The van der Waals surface area contributed by atoms with E-state index >= 15 is 0 Å². The van der Waals surface area contributed by atoms with Crippen molar-refractivity contribution in [1.82, 2.24) is 14.8 Å². The van der Waals surface area contributed by atoms with Gasteiger partial charge in [0.25, 0.3) is 0 Å². The first-order valence-electron chi connectivity index (χ1n) is 11.0. The molecule has 0 radical (unpaired) electrons. The van der Waals surface area contributed by atoms with E-state index < -0.39 is 0 Å². The first kappa shape index (κ1) is 22.0. The molecule has 0 aliphatic carbocycles. The maximum Gasteiger partial charge on any atom is 0.234 e. The molecule has 4 aromatic rings. The van der Waals surface area contributed by atoms with Crippen LogP contribution in [0.5, 0.6) is 0 Å². The number of anilines is 2. The van der Waals surface area contributed by atoms with Gasteiger partial charge >= 0.3 is 0 Å². The van der Waals surface area contributed by atoms with Crippen molar-refractivity contribution >= 4 is 35.0 Å². The van der Waals surface area contributed by atoms with Crippen LogP contribution in [0.15, 0.2) is 82.6 Å². The SMILES string of the molecule is O=C(CSc1nnc(-c2ccco2)n1Cc1ccccc1)Nc1cccc(N2CCCC2=O)c1. The Kier molecular flexibility index (Phi) is 6.44. The molecule has 2 aromatic carbocycles. The molecule has 0 saturated carbocycles. The lowest BCUT2D eigenvalue weighted by atomic mass is 10.2. The predicted molar refractivity (Wildman–Crippen MR) is 131 cm³/mol. The largest absolute Gasteiger partial charge is 0.461 e. The van der Waals surface area contributed by atoms with Gasteiger partial charge in [0, 0.05) is 24.3 Å². The molecule has 2 aromatic heterocycles. The summed E-state index contributed by atoms with van der Waals surface area (Å²) in [5.41, 5.74) is 2.55. The van der Waals surface area contributed by atoms with Gasteiger partial charge in [-0.1, -0.05) is 48.2 Å². The minimum Gasteiger partial charge on any atom is -0.461 e. The molecule has 172 valence electrons. The van der Waals surface area contributed by atoms with E-state index in [1.165, 1.54) is 11.8 Å². The number of carbonyl (C=O) groups is 2. The average Bonchev–Trinajstić information content (AvgIpc) is 3.60. The van der Waals surface area contributed by atoms with E-state index in [0.29, 0.717) is 41.9 Å². The smallest absolute Gasteiger partial charge is 0.234 e. The van der Waals surface area contributed by atoms with Crippen LogP contribution < -0.4 is 10.2 Å². The van der Waals surface area contributed by atoms with Gasteiger partial charge in [0.2, 0.25) is 17.6 Å². The Labute approximate surface area is 201 Å². The van der Waals surface area contributed by atoms with Crippen LogP contribution in [0.2, 0.25) is 0 Å². The van der Waals surface area contributed by atoms with Crippen LogP contribution in [0.25, 0.3) is 11.6 Å². The quantitative estimate of drug-likeness (QED) is 0.380. The maximum absolute atomic E-state index is 12.7. The zero-order valence-corrected chi connectivity index (χ0v) is 19.2. The van der Waals surface area contributed by atoms with E-state index in [9.17, 15) is 9.59 Å². The molecule has 8 nitrogen and oxygen atoms in total. The molecule has 0 spiro atoms. The van der Waals surface area contributed by atoms with Gasteiger partial charge in [-0.3, -0.25) is 14.2 Å². The fraction of sp³-hybridized carbons (Fsp3) is 0.200. The Morgan fingerprint density at radius 1 is 1.06 bits per heavy atom. The number of carbonyl (C=O) groups excluding carboxylic acids is 2. The number of thioether (sulfide) groups is 1. The molecule has 1 fully saturated rings. The van der Waals surface area contributed by atoms with Crippen molar-refractivity contribution in [3.63, 3.8) is 0 Å². The maximum atomic E-state index is 12.7. The molecule has 1 N–H and O–H groups in total. The van der Waals surface area contributed by atoms with Crippen molar-refractivity contribution in [1.29, 1.82) is 0 Å². The molecule has 5 rings (SSSR count). The minimum absolute atomic E-state index is 0.115. The lowest BCUT2D eigenvalue weighted by Gasteiger charge is -2.16. The van der Waals surface area contributed by atoms with Gasteiger partial charge in [-0.2, -0.15) is 0 Å². The number of rotatable bonds is 8. The third-order valence-electron chi connectivity index (χ3n) is 5.49. The molecule has 3 heterocycles. The molecule has 2 amide bonds. The molecule has 0 bridgehead atoms. The number of nitrogens with one attached hydrogen (secondary N) is 1. The summed E-state index contributed by atoms with van der Waals surface area (Å²) in [4.78, 5) is 26.5. The second kappa shape index (κ2) is 9.96. The van der Waals surface area contributed by atoms with Crippen molar-refractivity contribution in [3.05, 3.63) is 78.6 Å². The number of aromatic nitrogens is 3. The van der Waals surface area contributed by atoms with E-state index in [2.05, 4.69) is 15.5 Å².